The van der Waals surface area contributed by atoms with Crippen LogP contribution in [0.3, 0.4) is 0 Å². The second kappa shape index (κ2) is 5.48. The van der Waals surface area contributed by atoms with Gasteiger partial charge in [-0.15, -0.1) is 0 Å². The summed E-state index contributed by atoms with van der Waals surface area (Å²) < 4.78 is 32.1. The van der Waals surface area contributed by atoms with E-state index in [9.17, 15) is 13.6 Å². The minimum absolute atomic E-state index is 0.0719. The van der Waals surface area contributed by atoms with E-state index in [1.807, 2.05) is 6.07 Å². The molecule has 0 spiro atoms. The third kappa shape index (κ3) is 2.88. The molecule has 98 valence electrons. The lowest BCUT2D eigenvalue weighted by atomic mass is 10.2. The molecular formula is C14H10F2O3. The summed E-state index contributed by atoms with van der Waals surface area (Å²) >= 11 is 0. The zero-order chi connectivity index (χ0) is 13.8. The molecule has 0 aliphatic rings. The fraction of sp³-hybridized carbons (Fsp3) is 0.0714. The van der Waals surface area contributed by atoms with Crippen molar-refractivity contribution in [2.75, 3.05) is 0 Å². The second-order valence-corrected chi connectivity index (χ2v) is 3.81. The van der Waals surface area contributed by atoms with Gasteiger partial charge in [-0.1, -0.05) is 30.3 Å². The molecule has 2 aromatic carbocycles. The number of hydrogen-bond donors (Lipinski definition) is 1. The average molecular weight is 264 g/mol. The first-order chi connectivity index (χ1) is 9.09. The van der Waals surface area contributed by atoms with Crippen molar-refractivity contribution in [2.24, 2.45) is 0 Å². The normalized spacial score (nSPS) is 10.2. The molecule has 0 unspecified atom stereocenters. The summed E-state index contributed by atoms with van der Waals surface area (Å²) in [6.07, 6.45) is 0. The Labute approximate surface area is 108 Å². The largest absolute Gasteiger partial charge is 0.486 e. The lowest BCUT2D eigenvalue weighted by Crippen LogP contribution is -2.07. The van der Waals surface area contributed by atoms with E-state index in [0.29, 0.717) is 0 Å². The van der Waals surface area contributed by atoms with Crippen molar-refractivity contribution >= 4 is 5.97 Å². The van der Waals surface area contributed by atoms with Crippen molar-refractivity contribution in [3.63, 3.8) is 0 Å². The van der Waals surface area contributed by atoms with E-state index in [0.717, 1.165) is 17.7 Å². The van der Waals surface area contributed by atoms with Gasteiger partial charge in [0, 0.05) is 0 Å². The minimum Gasteiger partial charge on any atom is -0.486 e. The molecule has 2 rings (SSSR count). The summed E-state index contributed by atoms with van der Waals surface area (Å²) in [6.45, 7) is 0.0719. The van der Waals surface area contributed by atoms with Crippen LogP contribution in [0.2, 0.25) is 0 Å². The van der Waals surface area contributed by atoms with E-state index in [2.05, 4.69) is 0 Å². The second-order valence-electron chi connectivity index (χ2n) is 3.81. The lowest BCUT2D eigenvalue weighted by Gasteiger charge is -2.09. The number of carbonyl (C=O) groups is 1. The van der Waals surface area contributed by atoms with Crippen molar-refractivity contribution in [1.82, 2.24) is 0 Å². The van der Waals surface area contributed by atoms with E-state index < -0.39 is 23.2 Å². The Morgan fingerprint density at radius 3 is 2.42 bits per heavy atom. The van der Waals surface area contributed by atoms with Crippen LogP contribution in [0.15, 0.2) is 42.5 Å². The van der Waals surface area contributed by atoms with E-state index >= 15 is 0 Å². The van der Waals surface area contributed by atoms with Gasteiger partial charge in [-0.25, -0.2) is 13.6 Å². The number of ether oxygens (including phenoxy) is 1. The van der Waals surface area contributed by atoms with Crippen LogP contribution >= 0.6 is 0 Å². The Hall–Kier alpha value is -2.43. The molecule has 0 saturated heterocycles. The summed E-state index contributed by atoms with van der Waals surface area (Å²) in [6, 6.07) is 10.9. The Kier molecular flexibility index (Phi) is 3.75. The van der Waals surface area contributed by atoms with Gasteiger partial charge in [-0.05, 0) is 17.7 Å². The van der Waals surface area contributed by atoms with Crippen LogP contribution in [-0.4, -0.2) is 11.1 Å². The van der Waals surface area contributed by atoms with Crippen LogP contribution in [0.25, 0.3) is 0 Å². The van der Waals surface area contributed by atoms with Gasteiger partial charge in [-0.2, -0.15) is 0 Å². The first kappa shape index (κ1) is 13.0. The molecule has 1 N–H and O–H groups in total. The first-order valence-electron chi connectivity index (χ1n) is 5.47. The Morgan fingerprint density at radius 1 is 1.11 bits per heavy atom. The highest BCUT2D eigenvalue weighted by atomic mass is 19.1. The van der Waals surface area contributed by atoms with Gasteiger partial charge in [0.1, 0.15) is 18.0 Å². The molecule has 0 aliphatic heterocycles. The number of hydrogen-bond acceptors (Lipinski definition) is 2. The Morgan fingerprint density at radius 2 is 1.79 bits per heavy atom. The van der Waals surface area contributed by atoms with Gasteiger partial charge in [-0.3, -0.25) is 0 Å². The molecule has 0 amide bonds. The smallest absolute Gasteiger partial charge is 0.341 e. The summed E-state index contributed by atoms with van der Waals surface area (Å²) in [7, 11) is 0. The molecule has 0 aliphatic carbocycles. The van der Waals surface area contributed by atoms with Crippen molar-refractivity contribution in [3.05, 3.63) is 65.2 Å². The zero-order valence-electron chi connectivity index (χ0n) is 9.77. The highest BCUT2D eigenvalue weighted by Gasteiger charge is 2.20. The number of rotatable bonds is 4. The fourth-order valence-corrected chi connectivity index (χ4v) is 1.58. The van der Waals surface area contributed by atoms with Crippen molar-refractivity contribution in [1.29, 1.82) is 0 Å². The monoisotopic (exact) mass is 264 g/mol. The van der Waals surface area contributed by atoms with Gasteiger partial charge < -0.3 is 9.84 Å². The summed E-state index contributed by atoms with van der Waals surface area (Å²) in [5.41, 5.74) is -0.214. The number of halogens is 2. The van der Waals surface area contributed by atoms with Gasteiger partial charge in [0.25, 0.3) is 0 Å². The predicted molar refractivity (Wildman–Crippen MR) is 64.1 cm³/mol. The van der Waals surface area contributed by atoms with Gasteiger partial charge in [0.15, 0.2) is 11.6 Å². The number of benzene rings is 2. The van der Waals surface area contributed by atoms with Crippen molar-refractivity contribution in [3.8, 4) is 5.75 Å². The summed E-state index contributed by atoms with van der Waals surface area (Å²) in [4.78, 5) is 10.7. The van der Waals surface area contributed by atoms with Crippen LogP contribution < -0.4 is 4.74 Å². The van der Waals surface area contributed by atoms with Crippen LogP contribution in [-0.2, 0) is 6.61 Å². The molecular weight excluding hydrogens is 254 g/mol. The van der Waals surface area contributed by atoms with E-state index in [1.54, 1.807) is 24.3 Å². The first-order valence-corrected chi connectivity index (χ1v) is 5.47. The molecule has 5 heteroatoms. The summed E-state index contributed by atoms with van der Waals surface area (Å²) in [5, 5.41) is 8.72. The maximum absolute atomic E-state index is 13.7. The molecule has 0 saturated carbocycles. The molecule has 19 heavy (non-hydrogen) atoms. The SMILES string of the molecule is O=C(O)c1c(F)ccc(OCc2ccccc2)c1F. The molecule has 3 nitrogen and oxygen atoms in total. The standard InChI is InChI=1S/C14H10F2O3/c15-10-6-7-11(13(16)12(10)14(17)18)19-8-9-4-2-1-3-5-9/h1-7H,8H2,(H,17,18). The Bertz CT molecular complexity index is 597. The molecule has 2 aromatic rings. The van der Waals surface area contributed by atoms with Crippen molar-refractivity contribution < 1.29 is 23.4 Å². The third-order valence-electron chi connectivity index (χ3n) is 2.51. The molecule has 0 fully saturated rings. The molecule has 0 radical (unpaired) electrons. The summed E-state index contributed by atoms with van der Waals surface area (Å²) in [5.74, 6) is -4.29. The maximum Gasteiger partial charge on any atom is 0.341 e. The average Bonchev–Trinajstić information content (AvgIpc) is 2.38. The number of aromatic carboxylic acids is 1. The molecule has 0 bridgehead atoms. The van der Waals surface area contributed by atoms with Gasteiger partial charge in [0.2, 0.25) is 0 Å². The topological polar surface area (TPSA) is 46.5 Å². The maximum atomic E-state index is 13.7. The number of carboxylic acids is 1. The van der Waals surface area contributed by atoms with Crippen LogP contribution in [0.4, 0.5) is 8.78 Å². The van der Waals surface area contributed by atoms with Gasteiger partial charge in [0.05, 0.1) is 0 Å². The van der Waals surface area contributed by atoms with Crippen molar-refractivity contribution in [2.45, 2.75) is 6.61 Å². The number of carboxylic acid groups (broad SMARTS) is 1. The zero-order valence-corrected chi connectivity index (χ0v) is 9.77. The van der Waals surface area contributed by atoms with Crippen LogP contribution in [0.1, 0.15) is 15.9 Å². The predicted octanol–water partition coefficient (Wildman–Crippen LogP) is 3.24. The molecule has 0 atom stereocenters. The van der Waals surface area contributed by atoms with Crippen LogP contribution in [0, 0.1) is 11.6 Å². The molecule has 0 aromatic heterocycles. The highest BCUT2D eigenvalue weighted by molar-refractivity contribution is 5.88. The third-order valence-corrected chi connectivity index (χ3v) is 2.51. The van der Waals surface area contributed by atoms with E-state index in [1.165, 1.54) is 0 Å². The van der Waals surface area contributed by atoms with E-state index in [-0.39, 0.29) is 12.4 Å². The highest BCUT2D eigenvalue weighted by Crippen LogP contribution is 2.24. The molecule has 0 heterocycles. The quantitative estimate of drug-likeness (QED) is 0.922. The van der Waals surface area contributed by atoms with E-state index in [4.69, 9.17) is 9.84 Å². The fourth-order valence-electron chi connectivity index (χ4n) is 1.58. The van der Waals surface area contributed by atoms with Gasteiger partial charge >= 0.3 is 5.97 Å². The minimum atomic E-state index is -1.67. The lowest BCUT2D eigenvalue weighted by molar-refractivity contribution is 0.0685. The Balaban J connectivity index is 2.22. The van der Waals surface area contributed by atoms with Crippen LogP contribution in [0.5, 0.6) is 5.75 Å².